The third-order valence-electron chi connectivity index (χ3n) is 23.3. The van der Waals surface area contributed by atoms with Crippen molar-refractivity contribution in [2.75, 3.05) is 9.80 Å². The first-order valence-corrected chi connectivity index (χ1v) is 36.3. The van der Waals surface area contributed by atoms with Crippen molar-refractivity contribution in [3.63, 3.8) is 0 Å². The molecule has 0 fully saturated rings. The Labute approximate surface area is 606 Å². The van der Waals surface area contributed by atoms with Crippen LogP contribution in [0.1, 0.15) is 77.9 Å². The molecular weight excluding hydrogens is 1260 g/mol. The predicted octanol–water partition coefficient (Wildman–Crippen LogP) is 25.9. The lowest BCUT2D eigenvalue weighted by Crippen LogP contribution is -2.29. The van der Waals surface area contributed by atoms with Crippen molar-refractivity contribution in [1.29, 1.82) is 0 Å². The van der Waals surface area contributed by atoms with Gasteiger partial charge in [0.1, 0.15) is 11.2 Å². The lowest BCUT2D eigenvalue weighted by Gasteiger charge is -2.36. The summed E-state index contributed by atoms with van der Waals surface area (Å²) in [6.07, 6.45) is 0. The molecule has 0 aliphatic heterocycles. The van der Waals surface area contributed by atoms with Crippen LogP contribution in [0.5, 0.6) is 0 Å². The van der Waals surface area contributed by atoms with E-state index in [0.717, 1.165) is 67.2 Å². The van der Waals surface area contributed by atoms with Crippen molar-refractivity contribution >= 4 is 56.1 Å². The fraction of sp³-hybridized carbons (Fsp3) is 0.0495. The smallest absolute Gasteiger partial charge is 0.137 e. The zero-order valence-corrected chi connectivity index (χ0v) is 57.6. The van der Waals surface area contributed by atoms with Gasteiger partial charge in [0.05, 0.1) is 27.3 Å². The van der Waals surface area contributed by atoms with Gasteiger partial charge in [0, 0.05) is 33.8 Å². The molecule has 4 aliphatic rings. The topological polar surface area (TPSA) is 19.6 Å². The molecule has 21 rings (SSSR count). The van der Waals surface area contributed by atoms with Crippen LogP contribution in [0.4, 0.5) is 34.1 Å². The minimum atomic E-state index is -0.608. The first-order valence-electron chi connectivity index (χ1n) is 36.3. The fourth-order valence-corrected chi connectivity index (χ4v) is 19.1. The van der Waals surface area contributed by atoms with Crippen LogP contribution in [0.2, 0.25) is 0 Å². The standard InChI is InChI=1S/C101H68N2O/c1-65-42-55-81-83-57-52-76(63-93(83)99(91(81)60-65,69-24-7-3-8-25-69)70-26-9-4-10-27-70)102(77-53-58-84-82-56-43-66(2)61-92(82)100(94(84)64-77,71-28-11-5-12-29-71)72-30-13-6-14-31-72)73-48-44-67(45-49-73)68-46-50-74(51-47-68)103(95-39-23-41-97-98(95)85-35-18-22-40-96(85)104-97)75-54-59-90-86(62-75)80-34-17-21-38-89(80)101(90)87-36-19-15-32-78(87)79-33-16-20-37-88(79)101/h3-64H,1-2H3. The summed E-state index contributed by atoms with van der Waals surface area (Å²) in [6, 6.07) is 141. The summed E-state index contributed by atoms with van der Waals surface area (Å²) < 4.78 is 6.66. The Morgan fingerprint density at radius 1 is 0.221 bits per heavy atom. The Bertz CT molecular complexity index is 6000. The summed E-state index contributed by atoms with van der Waals surface area (Å²) in [4.78, 5) is 4.96. The number of rotatable bonds is 11. The molecule has 0 atom stereocenters. The van der Waals surface area contributed by atoms with E-state index in [2.05, 4.69) is 400 Å². The van der Waals surface area contributed by atoms with Crippen molar-refractivity contribution < 1.29 is 4.42 Å². The van der Waals surface area contributed by atoms with Gasteiger partial charge in [0.2, 0.25) is 0 Å². The fourth-order valence-electron chi connectivity index (χ4n) is 19.1. The number of hydrogen-bond donors (Lipinski definition) is 0. The van der Waals surface area contributed by atoms with E-state index in [0.29, 0.717) is 0 Å². The van der Waals surface area contributed by atoms with Crippen LogP contribution in [-0.4, -0.2) is 0 Å². The van der Waals surface area contributed by atoms with E-state index in [4.69, 9.17) is 4.42 Å². The van der Waals surface area contributed by atoms with Crippen molar-refractivity contribution in [2.24, 2.45) is 0 Å². The summed E-state index contributed by atoms with van der Waals surface area (Å²) in [6.45, 7) is 4.45. The maximum absolute atomic E-state index is 6.66. The second-order valence-corrected chi connectivity index (χ2v) is 28.7. The van der Waals surface area contributed by atoms with Crippen LogP contribution in [0.3, 0.4) is 0 Å². The highest BCUT2D eigenvalue weighted by atomic mass is 16.3. The third-order valence-corrected chi connectivity index (χ3v) is 23.3. The Morgan fingerprint density at radius 2 is 0.567 bits per heavy atom. The molecule has 488 valence electrons. The third kappa shape index (κ3) is 8.41. The normalized spacial score (nSPS) is 13.9. The van der Waals surface area contributed by atoms with Crippen LogP contribution in [-0.2, 0) is 16.2 Å². The average molecular weight is 1330 g/mol. The van der Waals surface area contributed by atoms with Gasteiger partial charge >= 0.3 is 0 Å². The number of aryl methyl sites for hydroxylation is 2. The molecule has 104 heavy (non-hydrogen) atoms. The van der Waals surface area contributed by atoms with Gasteiger partial charge in [-0.3, -0.25) is 0 Å². The zero-order chi connectivity index (χ0) is 68.8. The number of furan rings is 1. The van der Waals surface area contributed by atoms with E-state index in [1.54, 1.807) is 0 Å². The minimum Gasteiger partial charge on any atom is -0.456 e. The SMILES string of the molecule is Cc1ccc2c(c1)C(c1ccccc1)(c1ccccc1)c1cc(N(c3ccc(-c4ccc(N(c5ccc6c(c5)-c5ccccc5C65c6ccccc6-c6ccccc65)c5cccc6oc7ccccc7c56)cc4)cc3)c3ccc4c(c3)C(c3ccccc3)(c3ccccc3)c3cc(C)ccc3-4)ccc1-2. The van der Waals surface area contributed by atoms with Crippen molar-refractivity contribution in [3.05, 3.63) is 454 Å². The van der Waals surface area contributed by atoms with Crippen LogP contribution < -0.4 is 9.80 Å². The van der Waals surface area contributed by atoms with Crippen LogP contribution >= 0.6 is 0 Å². The molecule has 16 aromatic carbocycles. The predicted molar refractivity (Wildman–Crippen MR) is 429 cm³/mol. The van der Waals surface area contributed by atoms with Gasteiger partial charge in [-0.15, -0.1) is 0 Å². The lowest BCUT2D eigenvalue weighted by molar-refractivity contribution is 0.669. The number of nitrogens with zero attached hydrogens (tertiary/aromatic N) is 2. The maximum Gasteiger partial charge on any atom is 0.137 e. The monoisotopic (exact) mass is 1320 g/mol. The number of benzene rings is 16. The molecule has 0 amide bonds. The number of fused-ring (bicyclic) bond motifs is 19. The number of anilines is 6. The molecule has 1 heterocycles. The lowest BCUT2D eigenvalue weighted by atomic mass is 9.67. The van der Waals surface area contributed by atoms with Crippen LogP contribution in [0.25, 0.3) is 77.6 Å². The summed E-state index contributed by atoms with van der Waals surface area (Å²) >= 11 is 0. The Morgan fingerprint density at radius 3 is 1.05 bits per heavy atom. The first kappa shape index (κ1) is 59.8. The zero-order valence-electron chi connectivity index (χ0n) is 57.6. The molecule has 1 aromatic heterocycles. The van der Waals surface area contributed by atoms with Gasteiger partial charge in [-0.1, -0.05) is 308 Å². The Balaban J connectivity index is 0.731. The van der Waals surface area contributed by atoms with Crippen molar-refractivity contribution in [1.82, 2.24) is 0 Å². The Hall–Kier alpha value is -13.1. The maximum atomic E-state index is 6.66. The molecular formula is C101H68N2O. The summed E-state index contributed by atoms with van der Waals surface area (Å²) in [7, 11) is 0. The largest absolute Gasteiger partial charge is 0.456 e. The molecule has 0 bridgehead atoms. The summed E-state index contributed by atoms with van der Waals surface area (Å²) in [5.41, 5.74) is 36.5. The molecule has 0 radical (unpaired) electrons. The highest BCUT2D eigenvalue weighted by Gasteiger charge is 2.53. The molecule has 3 nitrogen and oxygen atoms in total. The molecule has 4 aliphatic carbocycles. The molecule has 0 unspecified atom stereocenters. The average Bonchev–Trinajstić information content (AvgIpc) is 1.51. The van der Waals surface area contributed by atoms with E-state index in [1.165, 1.54) is 122 Å². The Kier molecular flexibility index (Phi) is 13.2. The quantitative estimate of drug-likeness (QED) is 0.129. The van der Waals surface area contributed by atoms with Gasteiger partial charge < -0.3 is 14.2 Å². The highest BCUT2D eigenvalue weighted by Crippen LogP contribution is 2.65. The molecule has 0 saturated heterocycles. The minimum absolute atomic E-state index is 0.454. The summed E-state index contributed by atoms with van der Waals surface area (Å²) in [5, 5.41) is 2.16. The van der Waals surface area contributed by atoms with Crippen molar-refractivity contribution in [2.45, 2.75) is 30.1 Å². The van der Waals surface area contributed by atoms with Gasteiger partial charge in [-0.2, -0.15) is 0 Å². The number of hydrogen-bond acceptors (Lipinski definition) is 3. The number of para-hydroxylation sites is 1. The summed E-state index contributed by atoms with van der Waals surface area (Å²) in [5.74, 6) is 0. The highest BCUT2D eigenvalue weighted by molar-refractivity contribution is 6.14. The van der Waals surface area contributed by atoms with Gasteiger partial charge in [0.15, 0.2) is 0 Å². The van der Waals surface area contributed by atoms with Crippen molar-refractivity contribution in [3.8, 4) is 55.6 Å². The molecule has 0 N–H and O–H groups in total. The van der Waals surface area contributed by atoms with E-state index in [9.17, 15) is 0 Å². The van der Waals surface area contributed by atoms with E-state index in [-0.39, 0.29) is 0 Å². The van der Waals surface area contributed by atoms with E-state index >= 15 is 0 Å². The second kappa shape index (κ2) is 23.0. The van der Waals surface area contributed by atoms with E-state index < -0.39 is 16.2 Å². The van der Waals surface area contributed by atoms with E-state index in [1.807, 2.05) is 0 Å². The first-order chi connectivity index (χ1) is 51.4. The van der Waals surface area contributed by atoms with Crippen LogP contribution in [0, 0.1) is 13.8 Å². The second-order valence-electron chi connectivity index (χ2n) is 28.7. The molecule has 17 aromatic rings. The molecule has 3 heteroatoms. The van der Waals surface area contributed by atoms with Crippen LogP contribution in [0.15, 0.2) is 381 Å². The van der Waals surface area contributed by atoms with Gasteiger partial charge in [-0.25, -0.2) is 0 Å². The van der Waals surface area contributed by atoms with Gasteiger partial charge in [-0.05, 0) is 215 Å². The van der Waals surface area contributed by atoms with Gasteiger partial charge in [0.25, 0.3) is 0 Å². The molecule has 0 saturated carbocycles. The molecule has 1 spiro atoms.